The van der Waals surface area contributed by atoms with Gasteiger partial charge in [0.15, 0.2) is 5.82 Å². The van der Waals surface area contributed by atoms with Crippen molar-refractivity contribution in [1.82, 2.24) is 19.7 Å². The van der Waals surface area contributed by atoms with Crippen molar-refractivity contribution in [2.75, 3.05) is 6.54 Å². The third-order valence-electron chi connectivity index (χ3n) is 3.47. The van der Waals surface area contributed by atoms with Gasteiger partial charge in [0.25, 0.3) is 0 Å². The van der Waals surface area contributed by atoms with Crippen LogP contribution < -0.4 is 0 Å². The first-order valence-corrected chi connectivity index (χ1v) is 7.44. The maximum Gasteiger partial charge on any atom is 0.165 e. The summed E-state index contributed by atoms with van der Waals surface area (Å²) in [7, 11) is 0. The molecule has 0 aliphatic heterocycles. The summed E-state index contributed by atoms with van der Waals surface area (Å²) >= 11 is 0. The van der Waals surface area contributed by atoms with Crippen LogP contribution in [0, 0.1) is 11.3 Å². The van der Waals surface area contributed by atoms with Crippen LogP contribution in [0.15, 0.2) is 67.0 Å². The predicted octanol–water partition coefficient (Wildman–Crippen LogP) is 2.79. The van der Waals surface area contributed by atoms with Gasteiger partial charge in [-0.3, -0.25) is 4.90 Å². The predicted molar refractivity (Wildman–Crippen MR) is 87.5 cm³/mol. The van der Waals surface area contributed by atoms with Crippen molar-refractivity contribution < 1.29 is 0 Å². The molecule has 0 aliphatic carbocycles. The molecule has 1 aromatic heterocycles. The van der Waals surface area contributed by atoms with Crippen molar-refractivity contribution in [1.29, 1.82) is 5.26 Å². The van der Waals surface area contributed by atoms with E-state index in [4.69, 9.17) is 5.26 Å². The maximum atomic E-state index is 9.04. The number of rotatable bonds is 6. The summed E-state index contributed by atoms with van der Waals surface area (Å²) in [5.41, 5.74) is 2.14. The zero-order valence-corrected chi connectivity index (χ0v) is 12.7. The normalized spacial score (nSPS) is 10.6. The molecule has 0 N–H and O–H groups in total. The maximum absolute atomic E-state index is 9.04. The number of hydrogen-bond acceptors (Lipinski definition) is 4. The Hall–Kier alpha value is -2.97. The Balaban J connectivity index is 1.71. The summed E-state index contributed by atoms with van der Waals surface area (Å²) in [5, 5.41) is 13.5. The van der Waals surface area contributed by atoms with E-state index >= 15 is 0 Å². The van der Waals surface area contributed by atoms with E-state index in [2.05, 4.69) is 28.3 Å². The number of para-hydroxylation sites is 1. The summed E-state index contributed by atoms with van der Waals surface area (Å²) in [6, 6.07) is 22.2. The fourth-order valence-corrected chi connectivity index (χ4v) is 2.38. The van der Waals surface area contributed by atoms with Crippen LogP contribution in [0.5, 0.6) is 0 Å². The average molecular weight is 303 g/mol. The minimum Gasteiger partial charge on any atom is -0.279 e. The van der Waals surface area contributed by atoms with Crippen LogP contribution >= 0.6 is 0 Å². The van der Waals surface area contributed by atoms with Crippen LogP contribution in [-0.2, 0) is 13.1 Å². The van der Waals surface area contributed by atoms with Gasteiger partial charge in [0.05, 0.1) is 24.8 Å². The molecule has 3 aromatic rings. The molecule has 5 nitrogen and oxygen atoms in total. The average Bonchev–Trinajstić information content (AvgIpc) is 3.05. The van der Waals surface area contributed by atoms with Crippen LogP contribution in [0.4, 0.5) is 0 Å². The minimum atomic E-state index is 0.342. The highest BCUT2D eigenvalue weighted by atomic mass is 15.3. The lowest BCUT2D eigenvalue weighted by Gasteiger charge is -2.17. The van der Waals surface area contributed by atoms with Gasteiger partial charge < -0.3 is 0 Å². The SMILES string of the molecule is N#CCN(Cc1ccccc1)Cc1ncn(-c2ccccc2)n1. The fraction of sp³-hybridized carbons (Fsp3) is 0.167. The number of nitrogens with zero attached hydrogens (tertiary/aromatic N) is 5. The van der Waals surface area contributed by atoms with E-state index in [1.165, 1.54) is 5.56 Å². The molecular weight excluding hydrogens is 286 g/mol. The number of hydrogen-bond donors (Lipinski definition) is 0. The molecule has 0 radical (unpaired) electrons. The first-order valence-electron chi connectivity index (χ1n) is 7.44. The number of nitriles is 1. The molecule has 114 valence electrons. The molecule has 1 heterocycles. The lowest BCUT2D eigenvalue weighted by molar-refractivity contribution is 0.282. The lowest BCUT2D eigenvalue weighted by Crippen LogP contribution is -2.23. The summed E-state index contributed by atoms with van der Waals surface area (Å²) in [6.45, 7) is 1.59. The second-order valence-corrected chi connectivity index (χ2v) is 5.23. The van der Waals surface area contributed by atoms with Crippen LogP contribution in [-0.4, -0.2) is 26.2 Å². The molecule has 0 fully saturated rings. The van der Waals surface area contributed by atoms with Crippen molar-refractivity contribution in [3.8, 4) is 11.8 Å². The highest BCUT2D eigenvalue weighted by molar-refractivity contribution is 5.29. The monoisotopic (exact) mass is 303 g/mol. The van der Waals surface area contributed by atoms with Crippen molar-refractivity contribution >= 4 is 0 Å². The van der Waals surface area contributed by atoms with E-state index in [0.29, 0.717) is 25.5 Å². The smallest absolute Gasteiger partial charge is 0.165 e. The summed E-state index contributed by atoms with van der Waals surface area (Å²) < 4.78 is 1.75. The van der Waals surface area contributed by atoms with Crippen LogP contribution in [0.1, 0.15) is 11.4 Å². The van der Waals surface area contributed by atoms with Gasteiger partial charge in [-0.1, -0.05) is 48.5 Å². The highest BCUT2D eigenvalue weighted by Gasteiger charge is 2.10. The fourth-order valence-electron chi connectivity index (χ4n) is 2.38. The van der Waals surface area contributed by atoms with E-state index in [-0.39, 0.29) is 0 Å². The molecule has 23 heavy (non-hydrogen) atoms. The van der Waals surface area contributed by atoms with E-state index < -0.39 is 0 Å². The van der Waals surface area contributed by atoms with Gasteiger partial charge in [-0.25, -0.2) is 9.67 Å². The summed E-state index contributed by atoms with van der Waals surface area (Å²) in [4.78, 5) is 6.38. The Labute approximate surface area is 135 Å². The second-order valence-electron chi connectivity index (χ2n) is 5.23. The Morgan fingerprint density at radius 3 is 2.35 bits per heavy atom. The third kappa shape index (κ3) is 4.02. The van der Waals surface area contributed by atoms with Crippen LogP contribution in [0.2, 0.25) is 0 Å². The van der Waals surface area contributed by atoms with Crippen molar-refractivity contribution in [2.45, 2.75) is 13.1 Å². The van der Waals surface area contributed by atoms with Gasteiger partial charge in [-0.05, 0) is 17.7 Å². The van der Waals surface area contributed by atoms with Gasteiger partial charge in [0.2, 0.25) is 0 Å². The van der Waals surface area contributed by atoms with E-state index in [9.17, 15) is 0 Å². The van der Waals surface area contributed by atoms with Gasteiger partial charge >= 0.3 is 0 Å². The Morgan fingerprint density at radius 1 is 0.957 bits per heavy atom. The van der Waals surface area contributed by atoms with Crippen LogP contribution in [0.25, 0.3) is 5.69 Å². The molecule has 3 rings (SSSR count). The minimum absolute atomic E-state index is 0.342. The lowest BCUT2D eigenvalue weighted by atomic mass is 10.2. The topological polar surface area (TPSA) is 57.7 Å². The molecule has 0 unspecified atom stereocenters. The molecule has 0 saturated carbocycles. The number of benzene rings is 2. The Morgan fingerprint density at radius 2 is 1.65 bits per heavy atom. The van der Waals surface area contributed by atoms with Crippen molar-refractivity contribution in [3.05, 3.63) is 78.4 Å². The Kier molecular flexibility index (Phi) is 4.77. The molecule has 0 saturated heterocycles. The van der Waals surface area contributed by atoms with Crippen LogP contribution in [0.3, 0.4) is 0 Å². The van der Waals surface area contributed by atoms with E-state index in [1.54, 1.807) is 11.0 Å². The van der Waals surface area contributed by atoms with Gasteiger partial charge in [-0.15, -0.1) is 5.10 Å². The first kappa shape index (κ1) is 14.9. The third-order valence-corrected chi connectivity index (χ3v) is 3.47. The zero-order chi connectivity index (χ0) is 15.9. The van der Waals surface area contributed by atoms with E-state index in [1.807, 2.05) is 53.4 Å². The summed E-state index contributed by atoms with van der Waals surface area (Å²) in [6.07, 6.45) is 1.71. The van der Waals surface area contributed by atoms with Crippen molar-refractivity contribution in [3.63, 3.8) is 0 Å². The number of aromatic nitrogens is 3. The first-order chi connectivity index (χ1) is 11.3. The molecule has 0 atom stereocenters. The second kappa shape index (κ2) is 7.34. The molecular formula is C18H17N5. The molecule has 0 amide bonds. The molecule has 0 bridgehead atoms. The molecule has 2 aromatic carbocycles. The zero-order valence-electron chi connectivity index (χ0n) is 12.7. The van der Waals surface area contributed by atoms with Gasteiger partial charge in [0, 0.05) is 6.54 Å². The van der Waals surface area contributed by atoms with Gasteiger partial charge in [-0.2, -0.15) is 5.26 Å². The summed E-state index contributed by atoms with van der Waals surface area (Å²) in [5.74, 6) is 0.708. The standard InChI is InChI=1S/C18H17N5/c19-11-12-22(13-16-7-3-1-4-8-16)14-18-20-15-23(21-18)17-9-5-2-6-10-17/h1-10,15H,12-14H2. The molecule has 0 spiro atoms. The molecule has 5 heteroatoms. The Bertz CT molecular complexity index is 774. The van der Waals surface area contributed by atoms with Gasteiger partial charge in [0.1, 0.15) is 6.33 Å². The van der Waals surface area contributed by atoms with E-state index in [0.717, 1.165) is 5.69 Å². The highest BCUT2D eigenvalue weighted by Crippen LogP contribution is 2.09. The molecule has 0 aliphatic rings. The largest absolute Gasteiger partial charge is 0.279 e. The quantitative estimate of drug-likeness (QED) is 0.657. The van der Waals surface area contributed by atoms with Crippen molar-refractivity contribution in [2.24, 2.45) is 0 Å².